The molecule has 0 N–H and O–H groups in total. The molecule has 0 bridgehead atoms. The minimum atomic E-state index is 0.525. The lowest BCUT2D eigenvalue weighted by molar-refractivity contribution is 0.616. The van der Waals surface area contributed by atoms with Gasteiger partial charge >= 0.3 is 0 Å². The molecule has 1 nitrogen and oxygen atoms in total. The Balaban J connectivity index is 2.87. The molecule has 0 fully saturated rings. The summed E-state index contributed by atoms with van der Waals surface area (Å²) < 4.78 is 0. The maximum atomic E-state index is 6.28. The number of hydrogen-bond acceptors (Lipinski definition) is 1. The Morgan fingerprint density at radius 1 is 1.44 bits per heavy atom. The summed E-state index contributed by atoms with van der Waals surface area (Å²) in [5.74, 6) is 0. The lowest BCUT2D eigenvalue weighted by Crippen LogP contribution is -2.28. The van der Waals surface area contributed by atoms with Gasteiger partial charge in [-0.1, -0.05) is 46.9 Å². The average Bonchev–Trinajstić information content (AvgIpc) is 2.28. The van der Waals surface area contributed by atoms with Gasteiger partial charge in [-0.2, -0.15) is 0 Å². The highest BCUT2D eigenvalue weighted by Crippen LogP contribution is 2.28. The van der Waals surface area contributed by atoms with Crippen molar-refractivity contribution in [2.45, 2.75) is 38.1 Å². The topological polar surface area (TPSA) is 3.24 Å². The van der Waals surface area contributed by atoms with Crippen LogP contribution in [0.1, 0.15) is 32.3 Å². The zero-order valence-corrected chi connectivity index (χ0v) is 12.5. The first-order valence-corrected chi connectivity index (χ1v) is 7.17. The Morgan fingerprint density at radius 3 is 2.62 bits per heavy atom. The fourth-order valence-corrected chi connectivity index (χ4v) is 2.45. The third-order valence-electron chi connectivity index (χ3n) is 2.91. The van der Waals surface area contributed by atoms with E-state index in [4.69, 9.17) is 11.6 Å². The molecule has 0 saturated carbocycles. The predicted molar refractivity (Wildman–Crippen MR) is 76.9 cm³/mol. The van der Waals surface area contributed by atoms with Gasteiger partial charge in [0.25, 0.3) is 0 Å². The number of rotatable bonds is 5. The molecule has 0 spiro atoms. The summed E-state index contributed by atoms with van der Waals surface area (Å²) in [7, 11) is 2.11. The minimum absolute atomic E-state index is 0.525. The minimum Gasteiger partial charge on any atom is -0.371 e. The van der Waals surface area contributed by atoms with Crippen molar-refractivity contribution in [3.63, 3.8) is 0 Å². The molecule has 1 unspecified atom stereocenters. The second-order valence-corrected chi connectivity index (χ2v) is 5.14. The molecule has 0 aliphatic rings. The Labute approximate surface area is 112 Å². The Kier molecular flexibility index (Phi) is 5.63. The van der Waals surface area contributed by atoms with Gasteiger partial charge in [-0.15, -0.1) is 0 Å². The van der Waals surface area contributed by atoms with Crippen molar-refractivity contribution in [3.05, 3.63) is 28.8 Å². The SMILES string of the molecule is CCCC(C)N(C)c1ccc(CBr)cc1Cl. The molecule has 1 rings (SSSR count). The first-order valence-electron chi connectivity index (χ1n) is 5.67. The van der Waals surface area contributed by atoms with Gasteiger partial charge in [0.15, 0.2) is 0 Å². The van der Waals surface area contributed by atoms with Gasteiger partial charge in [0.2, 0.25) is 0 Å². The molecule has 0 aliphatic heterocycles. The van der Waals surface area contributed by atoms with Crippen molar-refractivity contribution in [1.29, 1.82) is 0 Å². The molecule has 16 heavy (non-hydrogen) atoms. The highest BCUT2D eigenvalue weighted by Gasteiger charge is 2.12. The molecule has 0 aliphatic carbocycles. The van der Waals surface area contributed by atoms with Crippen molar-refractivity contribution >= 4 is 33.2 Å². The van der Waals surface area contributed by atoms with Gasteiger partial charge < -0.3 is 4.90 Å². The van der Waals surface area contributed by atoms with Crippen LogP contribution in [0.25, 0.3) is 0 Å². The zero-order chi connectivity index (χ0) is 12.1. The van der Waals surface area contributed by atoms with Gasteiger partial charge in [0.05, 0.1) is 10.7 Å². The van der Waals surface area contributed by atoms with E-state index in [1.165, 1.54) is 18.4 Å². The molecule has 0 heterocycles. The van der Waals surface area contributed by atoms with E-state index in [0.29, 0.717) is 6.04 Å². The molecule has 0 saturated heterocycles. The van der Waals surface area contributed by atoms with Crippen LogP contribution in [0.4, 0.5) is 5.69 Å². The number of benzene rings is 1. The molecule has 3 heteroatoms. The smallest absolute Gasteiger partial charge is 0.0642 e. The van der Waals surface area contributed by atoms with Crippen LogP contribution in [0, 0.1) is 0 Å². The summed E-state index contributed by atoms with van der Waals surface area (Å²) in [6, 6.07) is 6.77. The molecular formula is C13H19BrClN. The summed E-state index contributed by atoms with van der Waals surface area (Å²) >= 11 is 9.72. The van der Waals surface area contributed by atoms with Crippen molar-refractivity contribution in [2.75, 3.05) is 11.9 Å². The number of hydrogen-bond donors (Lipinski definition) is 0. The Bertz CT molecular complexity index is 341. The van der Waals surface area contributed by atoms with Crippen LogP contribution in [0.2, 0.25) is 5.02 Å². The average molecular weight is 305 g/mol. The fourth-order valence-electron chi connectivity index (χ4n) is 1.77. The van der Waals surface area contributed by atoms with Crippen molar-refractivity contribution in [2.24, 2.45) is 0 Å². The first kappa shape index (κ1) is 13.9. The van der Waals surface area contributed by atoms with E-state index < -0.39 is 0 Å². The molecular weight excluding hydrogens is 286 g/mol. The van der Waals surface area contributed by atoms with Crippen LogP contribution in [0.5, 0.6) is 0 Å². The van der Waals surface area contributed by atoms with E-state index in [1.54, 1.807) is 0 Å². The van der Waals surface area contributed by atoms with Crippen LogP contribution in [-0.2, 0) is 5.33 Å². The molecule has 90 valence electrons. The summed E-state index contributed by atoms with van der Waals surface area (Å²) in [5.41, 5.74) is 2.33. The Hall–Kier alpha value is -0.210. The van der Waals surface area contributed by atoms with Gasteiger partial charge in [-0.05, 0) is 31.0 Å². The highest BCUT2D eigenvalue weighted by molar-refractivity contribution is 9.08. The van der Waals surface area contributed by atoms with Gasteiger partial charge in [-0.3, -0.25) is 0 Å². The quantitative estimate of drug-likeness (QED) is 0.702. The molecule has 0 radical (unpaired) electrons. The van der Waals surface area contributed by atoms with Gasteiger partial charge in [-0.25, -0.2) is 0 Å². The Morgan fingerprint density at radius 2 is 2.12 bits per heavy atom. The largest absolute Gasteiger partial charge is 0.371 e. The van der Waals surface area contributed by atoms with E-state index in [-0.39, 0.29) is 0 Å². The number of alkyl halides is 1. The standard InChI is InChI=1S/C13H19BrClN/c1-4-5-10(2)16(3)13-7-6-11(9-14)8-12(13)15/h6-8,10H,4-5,9H2,1-3H3. The highest BCUT2D eigenvalue weighted by atomic mass is 79.9. The predicted octanol–water partition coefficient (Wildman–Crippen LogP) is 4.86. The van der Waals surface area contributed by atoms with E-state index in [9.17, 15) is 0 Å². The number of anilines is 1. The molecule has 1 aromatic rings. The van der Waals surface area contributed by atoms with Crippen LogP contribution < -0.4 is 4.90 Å². The maximum absolute atomic E-state index is 6.28. The maximum Gasteiger partial charge on any atom is 0.0642 e. The number of nitrogens with zero attached hydrogens (tertiary/aromatic N) is 1. The second kappa shape index (κ2) is 6.51. The third kappa shape index (κ3) is 3.39. The first-order chi connectivity index (χ1) is 7.60. The monoisotopic (exact) mass is 303 g/mol. The second-order valence-electron chi connectivity index (χ2n) is 4.17. The van der Waals surface area contributed by atoms with E-state index >= 15 is 0 Å². The van der Waals surface area contributed by atoms with Crippen molar-refractivity contribution in [1.82, 2.24) is 0 Å². The summed E-state index contributed by atoms with van der Waals surface area (Å²) in [4.78, 5) is 2.25. The van der Waals surface area contributed by atoms with Gasteiger partial charge in [0.1, 0.15) is 0 Å². The summed E-state index contributed by atoms with van der Waals surface area (Å²) in [6.45, 7) is 4.44. The summed E-state index contributed by atoms with van der Waals surface area (Å²) in [6.07, 6.45) is 2.38. The van der Waals surface area contributed by atoms with Gasteiger partial charge in [0, 0.05) is 18.4 Å². The molecule has 1 aromatic carbocycles. The van der Waals surface area contributed by atoms with Crippen LogP contribution >= 0.6 is 27.5 Å². The van der Waals surface area contributed by atoms with Crippen LogP contribution in [0.15, 0.2) is 18.2 Å². The van der Waals surface area contributed by atoms with E-state index in [0.717, 1.165) is 16.0 Å². The van der Waals surface area contributed by atoms with Crippen LogP contribution in [-0.4, -0.2) is 13.1 Å². The summed E-state index contributed by atoms with van der Waals surface area (Å²) in [5, 5.41) is 1.68. The number of halogens is 2. The lowest BCUT2D eigenvalue weighted by Gasteiger charge is -2.27. The zero-order valence-electron chi connectivity index (χ0n) is 10.1. The van der Waals surface area contributed by atoms with Crippen LogP contribution in [0.3, 0.4) is 0 Å². The fraction of sp³-hybridized carbons (Fsp3) is 0.538. The van der Waals surface area contributed by atoms with E-state index in [2.05, 4.69) is 53.9 Å². The molecule has 0 amide bonds. The lowest BCUT2D eigenvalue weighted by atomic mass is 10.1. The van der Waals surface area contributed by atoms with Crippen molar-refractivity contribution < 1.29 is 0 Å². The molecule has 1 atom stereocenters. The van der Waals surface area contributed by atoms with E-state index in [1.807, 2.05) is 6.07 Å². The third-order valence-corrected chi connectivity index (χ3v) is 3.86. The van der Waals surface area contributed by atoms with Crippen molar-refractivity contribution in [3.8, 4) is 0 Å². The normalized spacial score (nSPS) is 12.6. The molecule has 0 aromatic heterocycles.